The van der Waals surface area contributed by atoms with Crippen molar-refractivity contribution in [2.45, 2.75) is 166 Å². The van der Waals surface area contributed by atoms with E-state index in [-0.39, 0.29) is 41.6 Å². The molecular formula is C45H59Cl2CoN3. The van der Waals surface area contributed by atoms with Crippen molar-refractivity contribution in [3.05, 3.63) is 87.2 Å². The minimum Gasteiger partial charge on any atom is -1.00 e. The van der Waals surface area contributed by atoms with E-state index in [0.717, 1.165) is 11.4 Å². The molecule has 0 unspecified atom stereocenters. The van der Waals surface area contributed by atoms with E-state index in [9.17, 15) is 0 Å². The van der Waals surface area contributed by atoms with Crippen molar-refractivity contribution in [1.82, 2.24) is 4.98 Å². The molecule has 0 saturated heterocycles. The average molecular weight is 772 g/mol. The Bertz CT molecular complexity index is 1400. The van der Waals surface area contributed by atoms with Crippen molar-refractivity contribution in [1.29, 1.82) is 0 Å². The first kappa shape index (κ1) is 41.8. The zero-order valence-corrected chi connectivity index (χ0v) is 33.6. The fourth-order valence-electron chi connectivity index (χ4n) is 9.74. The van der Waals surface area contributed by atoms with Crippen molar-refractivity contribution in [2.75, 3.05) is 0 Å². The van der Waals surface area contributed by atoms with E-state index in [0.29, 0.717) is 23.7 Å². The molecule has 0 N–H and O–H groups in total. The topological polar surface area (TPSA) is 37.6 Å². The number of aryl methyl sites for hydroxylation is 2. The third-order valence-electron chi connectivity index (χ3n) is 12.3. The number of hydrogen-bond acceptors (Lipinski definition) is 3. The molecule has 0 aliphatic heterocycles. The van der Waals surface area contributed by atoms with Crippen molar-refractivity contribution in [3.8, 4) is 0 Å². The van der Waals surface area contributed by atoms with Gasteiger partial charge >= 0.3 is 16.8 Å². The Kier molecular flexibility index (Phi) is 16.8. The van der Waals surface area contributed by atoms with E-state index < -0.39 is 0 Å². The third-order valence-corrected chi connectivity index (χ3v) is 12.3. The third kappa shape index (κ3) is 10.6. The molecule has 51 heavy (non-hydrogen) atoms. The molecule has 0 spiro atoms. The van der Waals surface area contributed by atoms with E-state index in [4.69, 9.17) is 15.0 Å². The summed E-state index contributed by atoms with van der Waals surface area (Å²) in [5.41, 5.74) is 13.2. The van der Waals surface area contributed by atoms with Crippen LogP contribution in [0.15, 0.2) is 52.4 Å². The summed E-state index contributed by atoms with van der Waals surface area (Å²) < 4.78 is 0. The van der Waals surface area contributed by atoms with Crippen molar-refractivity contribution in [2.24, 2.45) is 9.98 Å². The summed E-state index contributed by atoms with van der Waals surface area (Å²) in [6.07, 6.45) is 30.7. The summed E-state index contributed by atoms with van der Waals surface area (Å²) >= 11 is 0. The number of aliphatic imine (C=N–C) groups is 2. The molecule has 3 nitrogen and oxygen atoms in total. The first-order valence-electron chi connectivity index (χ1n) is 20.0. The van der Waals surface area contributed by atoms with Crippen LogP contribution in [0.3, 0.4) is 0 Å². The minimum absolute atomic E-state index is 0. The molecule has 7 rings (SSSR count). The van der Waals surface area contributed by atoms with Crippen LogP contribution in [-0.2, 0) is 16.8 Å². The molecule has 1 radical (unpaired) electrons. The van der Waals surface area contributed by atoms with Crippen LogP contribution in [0.5, 0.6) is 0 Å². The Morgan fingerprint density at radius 3 is 1.02 bits per heavy atom. The van der Waals surface area contributed by atoms with Gasteiger partial charge in [-0.3, -0.25) is 9.98 Å². The summed E-state index contributed by atoms with van der Waals surface area (Å²) in [6, 6.07) is 16.2. The molecule has 4 saturated carbocycles. The molecule has 3 aromatic rings. The van der Waals surface area contributed by atoms with Gasteiger partial charge in [-0.15, -0.1) is 0 Å². The number of hydrogen-bond donors (Lipinski definition) is 0. The van der Waals surface area contributed by atoms with Crippen molar-refractivity contribution >= 4 is 23.8 Å². The molecule has 1 aromatic heterocycles. The van der Waals surface area contributed by atoms with Crippen LogP contribution in [0.4, 0.5) is 11.4 Å². The molecule has 2 aromatic carbocycles. The predicted molar refractivity (Wildman–Crippen MR) is 204 cm³/mol. The Morgan fingerprint density at radius 2 is 0.745 bits per heavy atom. The van der Waals surface area contributed by atoms with E-state index in [2.05, 4.69) is 56.3 Å². The van der Waals surface area contributed by atoms with Gasteiger partial charge in [0.05, 0.1) is 35.2 Å². The average Bonchev–Trinajstić information content (AvgIpc) is 3.15. The van der Waals surface area contributed by atoms with E-state index >= 15 is 0 Å². The summed E-state index contributed by atoms with van der Waals surface area (Å²) in [7, 11) is 0. The maximum Gasteiger partial charge on any atom is 2.00 e. The number of benzene rings is 2. The Morgan fingerprint density at radius 1 is 0.471 bits per heavy atom. The zero-order valence-electron chi connectivity index (χ0n) is 31.1. The largest absolute Gasteiger partial charge is 2.00 e. The summed E-state index contributed by atoms with van der Waals surface area (Å²) in [5, 5.41) is 0. The predicted octanol–water partition coefficient (Wildman–Crippen LogP) is 7.40. The summed E-state index contributed by atoms with van der Waals surface area (Å²) in [4.78, 5) is 15.8. The molecular weight excluding hydrogens is 712 g/mol. The van der Waals surface area contributed by atoms with E-state index in [1.807, 2.05) is 12.4 Å². The summed E-state index contributed by atoms with van der Waals surface area (Å²) in [5.74, 6) is 2.52. The van der Waals surface area contributed by atoms with Gasteiger partial charge in [0.1, 0.15) is 0 Å². The first-order valence-corrected chi connectivity index (χ1v) is 20.0. The van der Waals surface area contributed by atoms with Crippen LogP contribution < -0.4 is 24.8 Å². The molecule has 0 atom stereocenters. The number of aromatic nitrogens is 1. The van der Waals surface area contributed by atoms with Crippen LogP contribution in [0.25, 0.3) is 0 Å². The summed E-state index contributed by atoms with van der Waals surface area (Å²) in [6.45, 7) is 4.59. The van der Waals surface area contributed by atoms with Crippen molar-refractivity contribution < 1.29 is 41.6 Å². The van der Waals surface area contributed by atoms with Gasteiger partial charge in [-0.25, -0.2) is 4.98 Å². The van der Waals surface area contributed by atoms with Crippen LogP contribution in [0.1, 0.15) is 197 Å². The number of rotatable bonds is 8. The normalized spacial score (nSPS) is 19.8. The number of halogens is 2. The van der Waals surface area contributed by atoms with Gasteiger partial charge in [0.15, 0.2) is 0 Å². The van der Waals surface area contributed by atoms with E-state index in [1.54, 1.807) is 0 Å². The molecule has 4 aliphatic carbocycles. The van der Waals surface area contributed by atoms with Gasteiger partial charge in [0.2, 0.25) is 0 Å². The smallest absolute Gasteiger partial charge is 1.00 e. The quantitative estimate of drug-likeness (QED) is 0.220. The molecule has 0 bridgehead atoms. The number of nitrogens with zero attached hydrogens (tertiary/aromatic N) is 3. The first-order chi connectivity index (χ1) is 23.6. The molecule has 0 amide bonds. The fourth-order valence-corrected chi connectivity index (χ4v) is 9.74. The van der Waals surface area contributed by atoms with Gasteiger partial charge in [-0.05, 0) is 123 Å². The molecule has 4 aliphatic rings. The van der Waals surface area contributed by atoms with Crippen LogP contribution in [-0.4, -0.2) is 17.4 Å². The van der Waals surface area contributed by atoms with Gasteiger partial charge in [-0.1, -0.05) is 119 Å². The second-order valence-corrected chi connectivity index (χ2v) is 15.9. The molecule has 1 heterocycles. The minimum atomic E-state index is 0. The van der Waals surface area contributed by atoms with Crippen LogP contribution >= 0.6 is 0 Å². The number of pyridine rings is 1. The van der Waals surface area contributed by atoms with Crippen LogP contribution in [0, 0.1) is 13.8 Å². The van der Waals surface area contributed by atoms with Gasteiger partial charge in [0.25, 0.3) is 0 Å². The molecule has 277 valence electrons. The van der Waals surface area contributed by atoms with Gasteiger partial charge < -0.3 is 24.8 Å². The standard InChI is InChI=1S/C45H59N3.2ClH.Co/c1-32-26-40(34-16-7-3-8-17-34)44(41(27-32)35-18-9-4-10-19-35)46-30-38-24-15-25-39(48-38)31-47-45-42(36-20-11-5-12-21-36)28-33(2)29-43(45)37-22-13-6-14-23-37;;;/h15,24-31,34-37H,3-14,16-23H2,1-2H3;2*1H;/q;;;+2/p-2. The molecule has 6 heteroatoms. The van der Waals surface area contributed by atoms with Gasteiger partial charge in [-0.2, -0.15) is 0 Å². The van der Waals surface area contributed by atoms with Crippen molar-refractivity contribution in [3.63, 3.8) is 0 Å². The second kappa shape index (κ2) is 20.5. The Labute approximate surface area is 331 Å². The monoisotopic (exact) mass is 770 g/mol. The van der Waals surface area contributed by atoms with Crippen LogP contribution in [0.2, 0.25) is 0 Å². The Balaban J connectivity index is 0.00000194. The SMILES string of the molecule is Cc1cc(C2CCCCC2)c(N=Cc2cccc(C=Nc3c(C4CCCCC4)cc(C)cc3C3CCCCC3)n2)c(C2CCCCC2)c1.[Cl-].[Cl-].[Co+2]. The van der Waals surface area contributed by atoms with Gasteiger partial charge in [0, 0.05) is 0 Å². The zero-order chi connectivity index (χ0) is 32.7. The second-order valence-electron chi connectivity index (χ2n) is 15.9. The Hall–Kier alpha value is -1.98. The van der Waals surface area contributed by atoms with E-state index in [1.165, 1.54) is 173 Å². The maximum atomic E-state index is 5.36. The fraction of sp³-hybridized carbons (Fsp3) is 0.578. The maximum absolute atomic E-state index is 5.36. The molecule has 4 fully saturated rings.